The molecule has 0 N–H and O–H groups in total. The lowest BCUT2D eigenvalue weighted by Crippen LogP contribution is -2.28. The molecule has 1 fully saturated rings. The van der Waals surface area contributed by atoms with E-state index in [2.05, 4.69) is 17.0 Å². The highest BCUT2D eigenvalue weighted by Gasteiger charge is 2.28. The first kappa shape index (κ1) is 18.1. The zero-order chi connectivity index (χ0) is 18.4. The Morgan fingerprint density at radius 1 is 1.08 bits per heavy atom. The molecular formula is C21H24N2O3. The summed E-state index contributed by atoms with van der Waals surface area (Å²) in [5.74, 6) is 2.54. The maximum atomic E-state index is 8.85. The third-order valence-corrected chi connectivity index (χ3v) is 4.79. The monoisotopic (exact) mass is 352 g/mol. The smallest absolute Gasteiger partial charge is 0.123 e. The van der Waals surface area contributed by atoms with Crippen LogP contribution in [0.4, 0.5) is 0 Å². The number of ether oxygens (including phenoxy) is 3. The Balaban J connectivity index is 1.64. The van der Waals surface area contributed by atoms with Crippen molar-refractivity contribution in [1.29, 1.82) is 5.26 Å². The quantitative estimate of drug-likeness (QED) is 0.759. The second kappa shape index (κ2) is 8.59. The molecule has 5 heteroatoms. The van der Waals surface area contributed by atoms with Gasteiger partial charge in [-0.1, -0.05) is 0 Å². The summed E-state index contributed by atoms with van der Waals surface area (Å²) in [5, 5.41) is 8.85. The summed E-state index contributed by atoms with van der Waals surface area (Å²) in [5.41, 5.74) is 1.81. The van der Waals surface area contributed by atoms with Crippen molar-refractivity contribution in [3.8, 4) is 23.3 Å². The van der Waals surface area contributed by atoms with Gasteiger partial charge in [-0.25, -0.2) is 0 Å². The molecule has 1 saturated heterocycles. The molecule has 1 aliphatic heterocycles. The van der Waals surface area contributed by atoms with Gasteiger partial charge in [0.15, 0.2) is 0 Å². The van der Waals surface area contributed by atoms with E-state index >= 15 is 0 Å². The molecule has 136 valence electrons. The zero-order valence-corrected chi connectivity index (χ0v) is 15.3. The van der Waals surface area contributed by atoms with Crippen LogP contribution in [0.25, 0.3) is 0 Å². The van der Waals surface area contributed by atoms with E-state index in [0.29, 0.717) is 18.2 Å². The first-order valence-electron chi connectivity index (χ1n) is 8.84. The van der Waals surface area contributed by atoms with Crippen LogP contribution in [0, 0.1) is 11.3 Å². The van der Waals surface area contributed by atoms with E-state index in [1.165, 1.54) is 5.56 Å². The minimum Gasteiger partial charge on any atom is -0.497 e. The zero-order valence-electron chi connectivity index (χ0n) is 15.3. The highest BCUT2D eigenvalue weighted by atomic mass is 16.5. The fourth-order valence-electron chi connectivity index (χ4n) is 3.45. The molecular weight excluding hydrogens is 328 g/mol. The minimum absolute atomic E-state index is 0.310. The van der Waals surface area contributed by atoms with Crippen molar-refractivity contribution >= 4 is 0 Å². The molecule has 3 rings (SSSR count). The van der Waals surface area contributed by atoms with Crippen LogP contribution in [0.1, 0.15) is 30.0 Å². The Hall–Kier alpha value is -2.71. The third-order valence-electron chi connectivity index (χ3n) is 4.79. The van der Waals surface area contributed by atoms with E-state index in [1.54, 1.807) is 26.4 Å². The van der Waals surface area contributed by atoms with Crippen LogP contribution in [0.2, 0.25) is 0 Å². The normalized spacial score (nSPS) is 16.9. The molecule has 1 unspecified atom stereocenters. The molecule has 0 saturated carbocycles. The summed E-state index contributed by atoms with van der Waals surface area (Å²) in [6.07, 6.45) is 2.25. The lowest BCUT2D eigenvalue weighted by atomic mass is 10.0. The average Bonchev–Trinajstić information content (AvgIpc) is 3.16. The molecule has 0 amide bonds. The van der Waals surface area contributed by atoms with Crippen LogP contribution in [-0.4, -0.2) is 38.8 Å². The molecule has 26 heavy (non-hydrogen) atoms. The molecule has 1 heterocycles. The van der Waals surface area contributed by atoms with Crippen LogP contribution in [0.15, 0.2) is 42.5 Å². The fraction of sp³-hybridized carbons (Fsp3) is 0.381. The van der Waals surface area contributed by atoms with Crippen LogP contribution in [0.5, 0.6) is 17.2 Å². The van der Waals surface area contributed by atoms with Crippen molar-refractivity contribution in [3.63, 3.8) is 0 Å². The van der Waals surface area contributed by atoms with E-state index in [1.807, 2.05) is 24.3 Å². The van der Waals surface area contributed by atoms with E-state index in [-0.39, 0.29) is 0 Å². The minimum atomic E-state index is 0.310. The molecule has 0 aromatic heterocycles. The highest BCUT2D eigenvalue weighted by Crippen LogP contribution is 2.38. The van der Waals surface area contributed by atoms with Crippen molar-refractivity contribution in [3.05, 3.63) is 53.6 Å². The van der Waals surface area contributed by atoms with Crippen LogP contribution < -0.4 is 14.2 Å². The summed E-state index contributed by atoms with van der Waals surface area (Å²) in [4.78, 5) is 2.43. The maximum Gasteiger partial charge on any atom is 0.123 e. The van der Waals surface area contributed by atoms with Gasteiger partial charge in [0.2, 0.25) is 0 Å². The van der Waals surface area contributed by atoms with Gasteiger partial charge in [0.1, 0.15) is 23.9 Å². The van der Waals surface area contributed by atoms with Gasteiger partial charge in [0.05, 0.1) is 25.9 Å². The molecule has 1 atom stereocenters. The summed E-state index contributed by atoms with van der Waals surface area (Å²) < 4.78 is 16.8. The molecule has 0 spiro atoms. The lowest BCUT2D eigenvalue weighted by molar-refractivity contribution is 0.195. The Kier molecular flexibility index (Phi) is 5.98. The molecule has 0 bridgehead atoms. The molecule has 5 nitrogen and oxygen atoms in total. The molecule has 0 radical (unpaired) electrons. The Morgan fingerprint density at radius 2 is 1.85 bits per heavy atom. The number of benzene rings is 2. The average molecular weight is 352 g/mol. The van der Waals surface area contributed by atoms with Crippen LogP contribution in [0.3, 0.4) is 0 Å². The lowest BCUT2D eigenvalue weighted by Gasteiger charge is -2.26. The van der Waals surface area contributed by atoms with Gasteiger partial charge in [-0.3, -0.25) is 4.90 Å². The van der Waals surface area contributed by atoms with E-state index in [4.69, 9.17) is 19.5 Å². The predicted molar refractivity (Wildman–Crippen MR) is 99.7 cm³/mol. The molecule has 1 aliphatic rings. The highest BCUT2D eigenvalue weighted by molar-refractivity contribution is 5.42. The first-order chi connectivity index (χ1) is 12.7. The fourth-order valence-corrected chi connectivity index (χ4v) is 3.45. The van der Waals surface area contributed by atoms with Gasteiger partial charge < -0.3 is 14.2 Å². The van der Waals surface area contributed by atoms with Crippen molar-refractivity contribution in [2.75, 3.05) is 33.9 Å². The number of hydrogen-bond acceptors (Lipinski definition) is 5. The summed E-state index contributed by atoms with van der Waals surface area (Å²) in [7, 11) is 3.39. The van der Waals surface area contributed by atoms with Crippen molar-refractivity contribution in [2.24, 2.45) is 0 Å². The van der Waals surface area contributed by atoms with E-state index < -0.39 is 0 Å². The largest absolute Gasteiger partial charge is 0.497 e. The van der Waals surface area contributed by atoms with Crippen molar-refractivity contribution in [2.45, 2.75) is 18.9 Å². The predicted octanol–water partition coefficient (Wildman–Crippen LogP) is 3.79. The SMILES string of the molecule is COc1ccc(OC)c(C2CCCN2CCOc2ccc(C#N)cc2)c1. The maximum absolute atomic E-state index is 8.85. The van der Waals surface area contributed by atoms with Crippen molar-refractivity contribution < 1.29 is 14.2 Å². The van der Waals surface area contributed by atoms with Gasteiger partial charge in [-0.15, -0.1) is 0 Å². The van der Waals surface area contributed by atoms with Gasteiger partial charge in [-0.05, 0) is 61.9 Å². The number of nitrogens with zero attached hydrogens (tertiary/aromatic N) is 2. The second-order valence-electron chi connectivity index (χ2n) is 6.29. The number of rotatable bonds is 7. The number of nitriles is 1. The standard InChI is InChI=1S/C21H24N2O3/c1-24-18-9-10-21(25-2)19(14-18)20-4-3-11-23(20)12-13-26-17-7-5-16(15-22)6-8-17/h5-10,14,20H,3-4,11-13H2,1-2H3. The molecule has 2 aromatic carbocycles. The van der Waals surface area contributed by atoms with Crippen LogP contribution in [-0.2, 0) is 0 Å². The van der Waals surface area contributed by atoms with Gasteiger partial charge in [0, 0.05) is 18.2 Å². The second-order valence-corrected chi connectivity index (χ2v) is 6.29. The van der Waals surface area contributed by atoms with Gasteiger partial charge in [-0.2, -0.15) is 5.26 Å². The van der Waals surface area contributed by atoms with E-state index in [0.717, 1.165) is 43.2 Å². The third kappa shape index (κ3) is 4.09. The Morgan fingerprint density at radius 3 is 2.54 bits per heavy atom. The summed E-state index contributed by atoms with van der Waals surface area (Å²) in [6.45, 7) is 2.49. The number of hydrogen-bond donors (Lipinski definition) is 0. The first-order valence-corrected chi connectivity index (χ1v) is 8.84. The molecule has 0 aliphatic carbocycles. The van der Waals surface area contributed by atoms with Crippen LogP contribution >= 0.6 is 0 Å². The number of methoxy groups -OCH3 is 2. The summed E-state index contributed by atoms with van der Waals surface area (Å²) >= 11 is 0. The van der Waals surface area contributed by atoms with Gasteiger partial charge in [0.25, 0.3) is 0 Å². The number of likely N-dealkylation sites (tertiary alicyclic amines) is 1. The molecule has 2 aromatic rings. The topological polar surface area (TPSA) is 54.7 Å². The Bertz CT molecular complexity index is 768. The van der Waals surface area contributed by atoms with Crippen molar-refractivity contribution in [1.82, 2.24) is 4.90 Å². The van der Waals surface area contributed by atoms with Gasteiger partial charge >= 0.3 is 0 Å². The van der Waals surface area contributed by atoms with E-state index in [9.17, 15) is 0 Å². The Labute approximate surface area is 154 Å². The summed E-state index contributed by atoms with van der Waals surface area (Å²) in [6, 6.07) is 15.6.